The van der Waals surface area contributed by atoms with Gasteiger partial charge in [-0.3, -0.25) is 0 Å². The van der Waals surface area contributed by atoms with Crippen LogP contribution in [-0.4, -0.2) is 7.11 Å². The summed E-state index contributed by atoms with van der Waals surface area (Å²) in [5, 5.41) is 0. The van der Waals surface area contributed by atoms with Gasteiger partial charge in [0.15, 0.2) is 11.6 Å². The molecule has 0 aliphatic heterocycles. The molecule has 2 aliphatic carbocycles. The van der Waals surface area contributed by atoms with Crippen molar-refractivity contribution in [3.05, 3.63) is 64.5 Å². The van der Waals surface area contributed by atoms with Crippen LogP contribution in [0, 0.1) is 11.7 Å². The number of methoxy groups -OCH3 is 1. The van der Waals surface area contributed by atoms with Crippen molar-refractivity contribution >= 4 is 11.6 Å². The first-order valence-electron chi connectivity index (χ1n) is 10.3. The minimum absolute atomic E-state index is 0.285. The van der Waals surface area contributed by atoms with Crippen LogP contribution in [-0.2, 0) is 6.42 Å². The van der Waals surface area contributed by atoms with Gasteiger partial charge in [-0.25, -0.2) is 4.39 Å². The molecular weight excluding hydrogens is 335 g/mol. The average molecular weight is 365 g/mol. The van der Waals surface area contributed by atoms with E-state index in [0.29, 0.717) is 5.75 Å². The second-order valence-corrected chi connectivity index (χ2v) is 8.10. The Morgan fingerprint density at radius 3 is 2.41 bits per heavy atom. The predicted molar refractivity (Wildman–Crippen MR) is 111 cm³/mol. The zero-order chi connectivity index (χ0) is 18.8. The van der Waals surface area contributed by atoms with Gasteiger partial charge in [-0.1, -0.05) is 43.7 Å². The number of halogens is 1. The Labute approximate surface area is 162 Å². The molecule has 1 fully saturated rings. The van der Waals surface area contributed by atoms with E-state index < -0.39 is 0 Å². The molecule has 142 valence electrons. The molecule has 27 heavy (non-hydrogen) atoms. The van der Waals surface area contributed by atoms with E-state index in [-0.39, 0.29) is 5.82 Å². The largest absolute Gasteiger partial charge is 0.494 e. The van der Waals surface area contributed by atoms with Crippen molar-refractivity contribution in [3.63, 3.8) is 0 Å². The number of allylic oxidation sites excluding steroid dienone is 1. The van der Waals surface area contributed by atoms with Gasteiger partial charge >= 0.3 is 0 Å². The highest BCUT2D eigenvalue weighted by Crippen LogP contribution is 2.38. The van der Waals surface area contributed by atoms with E-state index in [0.717, 1.165) is 30.2 Å². The highest BCUT2D eigenvalue weighted by molar-refractivity contribution is 5.84. The number of hydrogen-bond acceptors (Lipinski definition) is 1. The lowest BCUT2D eigenvalue weighted by molar-refractivity contribution is 0.319. The van der Waals surface area contributed by atoms with E-state index in [2.05, 4.69) is 37.3 Å². The Balaban J connectivity index is 1.52. The summed E-state index contributed by atoms with van der Waals surface area (Å²) in [6.07, 6.45) is 10.8. The zero-order valence-corrected chi connectivity index (χ0v) is 16.4. The number of ether oxygens (including phenoxy) is 1. The van der Waals surface area contributed by atoms with Crippen molar-refractivity contribution in [1.82, 2.24) is 0 Å². The Bertz CT molecular complexity index is 826. The van der Waals surface area contributed by atoms with E-state index in [1.165, 1.54) is 61.5 Å². The lowest BCUT2D eigenvalue weighted by Crippen LogP contribution is -2.12. The first-order chi connectivity index (χ1) is 13.2. The van der Waals surface area contributed by atoms with Gasteiger partial charge in [0.05, 0.1) is 7.11 Å². The molecule has 0 aromatic heterocycles. The zero-order valence-electron chi connectivity index (χ0n) is 16.4. The molecule has 0 radical (unpaired) electrons. The first kappa shape index (κ1) is 18.3. The molecule has 2 aromatic carbocycles. The van der Waals surface area contributed by atoms with Gasteiger partial charge in [-0.05, 0) is 90.3 Å². The number of fused-ring (bicyclic) bond motifs is 1. The molecule has 0 amide bonds. The third-order valence-electron chi connectivity index (χ3n) is 6.58. The maximum atomic E-state index is 14.1. The average Bonchev–Trinajstić information content (AvgIpc) is 2.73. The summed E-state index contributed by atoms with van der Waals surface area (Å²) in [7, 11) is 1.52. The van der Waals surface area contributed by atoms with Gasteiger partial charge in [-0.15, -0.1) is 0 Å². The molecule has 0 bridgehead atoms. The fraction of sp³-hybridized carbons (Fsp3) is 0.440. The summed E-state index contributed by atoms with van der Waals surface area (Å²) in [6, 6.07) is 12.6. The smallest absolute Gasteiger partial charge is 0.165 e. The third kappa shape index (κ3) is 3.81. The Morgan fingerprint density at radius 1 is 1.00 bits per heavy atom. The minimum atomic E-state index is -0.285. The normalized spacial score (nSPS) is 22.1. The molecule has 0 saturated heterocycles. The Kier molecular flexibility index (Phi) is 5.33. The highest BCUT2D eigenvalue weighted by Gasteiger charge is 2.21. The maximum Gasteiger partial charge on any atom is 0.165 e. The molecule has 0 N–H and O–H groups in total. The fourth-order valence-electron chi connectivity index (χ4n) is 4.75. The van der Waals surface area contributed by atoms with Crippen LogP contribution in [0.3, 0.4) is 0 Å². The predicted octanol–water partition coefficient (Wildman–Crippen LogP) is 7.00. The minimum Gasteiger partial charge on any atom is -0.494 e. The van der Waals surface area contributed by atoms with Crippen LogP contribution >= 0.6 is 0 Å². The molecule has 0 heterocycles. The van der Waals surface area contributed by atoms with Crippen molar-refractivity contribution in [2.75, 3.05) is 7.11 Å². The Morgan fingerprint density at radius 2 is 1.74 bits per heavy atom. The summed E-state index contributed by atoms with van der Waals surface area (Å²) in [4.78, 5) is 0. The van der Waals surface area contributed by atoms with Crippen LogP contribution in [0.5, 0.6) is 5.75 Å². The summed E-state index contributed by atoms with van der Waals surface area (Å²) in [5.41, 5.74) is 6.20. The summed E-state index contributed by atoms with van der Waals surface area (Å²) in [6.45, 7) is 2.32. The molecule has 2 aromatic rings. The van der Waals surface area contributed by atoms with Crippen molar-refractivity contribution in [3.8, 4) is 5.75 Å². The van der Waals surface area contributed by atoms with Gasteiger partial charge < -0.3 is 4.74 Å². The SMILES string of the molecule is CCC1CCC(c2ccc(C3=Cc4cc(F)c(OC)cc4CC3)cc2)CC1. The van der Waals surface area contributed by atoms with E-state index >= 15 is 0 Å². The number of aryl methyl sites for hydroxylation is 1. The van der Waals surface area contributed by atoms with Gasteiger partial charge in [0.25, 0.3) is 0 Å². The number of benzene rings is 2. The van der Waals surface area contributed by atoms with Crippen LogP contribution in [0.1, 0.15) is 73.6 Å². The van der Waals surface area contributed by atoms with Crippen LogP contribution in [0.2, 0.25) is 0 Å². The van der Waals surface area contributed by atoms with Crippen molar-refractivity contribution in [2.45, 2.75) is 57.8 Å². The monoisotopic (exact) mass is 364 g/mol. The summed E-state index contributed by atoms with van der Waals surface area (Å²) in [5.74, 6) is 1.72. The van der Waals surface area contributed by atoms with Crippen LogP contribution < -0.4 is 4.74 Å². The lowest BCUT2D eigenvalue weighted by atomic mass is 9.77. The van der Waals surface area contributed by atoms with Crippen molar-refractivity contribution < 1.29 is 9.13 Å². The summed E-state index contributed by atoms with van der Waals surface area (Å²) >= 11 is 0. The maximum absolute atomic E-state index is 14.1. The molecule has 0 unspecified atom stereocenters. The van der Waals surface area contributed by atoms with E-state index in [9.17, 15) is 4.39 Å². The molecular formula is C25H29FO. The van der Waals surface area contributed by atoms with Gasteiger partial charge in [0.1, 0.15) is 0 Å². The van der Waals surface area contributed by atoms with Crippen molar-refractivity contribution in [2.24, 2.45) is 5.92 Å². The molecule has 4 rings (SSSR count). The van der Waals surface area contributed by atoms with E-state index in [4.69, 9.17) is 4.74 Å². The van der Waals surface area contributed by atoms with Crippen LogP contribution in [0.25, 0.3) is 11.6 Å². The van der Waals surface area contributed by atoms with E-state index in [1.54, 1.807) is 6.07 Å². The molecule has 0 spiro atoms. The Hall–Kier alpha value is -2.09. The topological polar surface area (TPSA) is 9.23 Å². The number of hydrogen-bond donors (Lipinski definition) is 0. The molecule has 2 heteroatoms. The quantitative estimate of drug-likeness (QED) is 0.567. The second kappa shape index (κ2) is 7.88. The van der Waals surface area contributed by atoms with Crippen LogP contribution in [0.15, 0.2) is 36.4 Å². The highest BCUT2D eigenvalue weighted by atomic mass is 19.1. The third-order valence-corrected chi connectivity index (χ3v) is 6.58. The first-order valence-corrected chi connectivity index (χ1v) is 10.3. The number of rotatable bonds is 4. The standard InChI is InChI=1S/C25H29FO/c1-3-17-4-6-18(7-5-17)19-8-10-20(11-9-19)21-12-13-22-16-25(27-2)24(26)15-23(22)14-21/h8-11,14-18H,3-7,12-13H2,1-2H3. The van der Waals surface area contributed by atoms with Gasteiger partial charge in [0.2, 0.25) is 0 Å². The van der Waals surface area contributed by atoms with Gasteiger partial charge in [0, 0.05) is 0 Å². The molecule has 1 nitrogen and oxygen atoms in total. The van der Waals surface area contributed by atoms with Gasteiger partial charge in [-0.2, -0.15) is 0 Å². The molecule has 1 saturated carbocycles. The molecule has 2 aliphatic rings. The second-order valence-electron chi connectivity index (χ2n) is 8.10. The van der Waals surface area contributed by atoms with E-state index in [1.807, 2.05) is 6.07 Å². The molecule has 0 atom stereocenters. The lowest BCUT2D eigenvalue weighted by Gasteiger charge is -2.28. The fourth-order valence-corrected chi connectivity index (χ4v) is 4.75. The van der Waals surface area contributed by atoms with Crippen LogP contribution in [0.4, 0.5) is 4.39 Å². The van der Waals surface area contributed by atoms with Crippen molar-refractivity contribution in [1.29, 1.82) is 0 Å². The summed E-state index contributed by atoms with van der Waals surface area (Å²) < 4.78 is 19.2.